The fourth-order valence-corrected chi connectivity index (χ4v) is 3.28. The Balaban J connectivity index is 1.65. The summed E-state index contributed by atoms with van der Waals surface area (Å²) in [6.07, 6.45) is 3.69. The molecular weight excluding hydrogens is 346 g/mol. The molecule has 1 aromatic heterocycles. The molecule has 142 valence electrons. The number of piperidine rings is 1. The molecule has 0 radical (unpaired) electrons. The van der Waals surface area contributed by atoms with Crippen molar-refractivity contribution in [1.82, 2.24) is 15.2 Å². The number of benzene rings is 1. The normalized spacial score (nSPS) is 19.4. The van der Waals surface area contributed by atoms with Crippen LogP contribution in [0.1, 0.15) is 27.1 Å². The zero-order chi connectivity index (χ0) is 19.2. The van der Waals surface area contributed by atoms with Crippen molar-refractivity contribution in [1.29, 1.82) is 0 Å². The van der Waals surface area contributed by atoms with Crippen molar-refractivity contribution in [3.63, 3.8) is 0 Å². The van der Waals surface area contributed by atoms with E-state index in [0.717, 1.165) is 0 Å². The van der Waals surface area contributed by atoms with Crippen LogP contribution >= 0.6 is 0 Å². The predicted molar refractivity (Wildman–Crippen MR) is 99.6 cm³/mol. The van der Waals surface area contributed by atoms with Gasteiger partial charge in [-0.25, -0.2) is 0 Å². The van der Waals surface area contributed by atoms with Crippen molar-refractivity contribution < 1.29 is 19.4 Å². The van der Waals surface area contributed by atoms with Crippen molar-refractivity contribution in [2.24, 2.45) is 5.92 Å². The van der Waals surface area contributed by atoms with Gasteiger partial charge < -0.3 is 20.1 Å². The van der Waals surface area contributed by atoms with E-state index in [4.69, 9.17) is 4.74 Å². The lowest BCUT2D eigenvalue weighted by molar-refractivity contribution is 0.0533. The first-order valence-corrected chi connectivity index (χ1v) is 8.87. The molecule has 1 aliphatic rings. The maximum absolute atomic E-state index is 12.8. The summed E-state index contributed by atoms with van der Waals surface area (Å²) in [7, 11) is 1.56. The largest absolute Gasteiger partial charge is 0.497 e. The van der Waals surface area contributed by atoms with E-state index in [-0.39, 0.29) is 30.4 Å². The third-order valence-corrected chi connectivity index (χ3v) is 4.81. The summed E-state index contributed by atoms with van der Waals surface area (Å²) in [5.41, 5.74) is 1.02. The molecule has 0 spiro atoms. The second kappa shape index (κ2) is 8.64. The average Bonchev–Trinajstić information content (AvgIpc) is 2.74. The SMILES string of the molecule is COc1cccc(C(=O)N2CC[C@@H](NC(=O)c3cccnc3)[C@@H](CO)C2)c1. The Hall–Kier alpha value is -2.93. The molecule has 2 atom stereocenters. The molecule has 27 heavy (non-hydrogen) atoms. The van der Waals surface area contributed by atoms with Gasteiger partial charge in [0.2, 0.25) is 0 Å². The highest BCUT2D eigenvalue weighted by molar-refractivity contribution is 5.95. The lowest BCUT2D eigenvalue weighted by Crippen LogP contribution is -2.53. The smallest absolute Gasteiger partial charge is 0.254 e. The van der Waals surface area contributed by atoms with Gasteiger partial charge >= 0.3 is 0 Å². The van der Waals surface area contributed by atoms with Gasteiger partial charge in [0.15, 0.2) is 0 Å². The first-order valence-electron chi connectivity index (χ1n) is 8.87. The highest BCUT2D eigenvalue weighted by atomic mass is 16.5. The van der Waals surface area contributed by atoms with Crippen LogP contribution in [0.4, 0.5) is 0 Å². The topological polar surface area (TPSA) is 91.8 Å². The summed E-state index contributed by atoms with van der Waals surface area (Å²) >= 11 is 0. The Kier molecular flexibility index (Phi) is 6.03. The number of hydrogen-bond donors (Lipinski definition) is 2. The maximum Gasteiger partial charge on any atom is 0.254 e. The number of carbonyl (C=O) groups excluding carboxylic acids is 2. The van der Waals surface area contributed by atoms with Crippen LogP contribution in [0.25, 0.3) is 0 Å². The molecule has 7 heteroatoms. The number of aromatic nitrogens is 1. The molecule has 0 saturated carbocycles. The molecule has 2 N–H and O–H groups in total. The first-order chi connectivity index (χ1) is 13.1. The summed E-state index contributed by atoms with van der Waals surface area (Å²) in [4.78, 5) is 30.8. The van der Waals surface area contributed by atoms with Crippen LogP contribution in [-0.4, -0.2) is 59.7 Å². The maximum atomic E-state index is 12.8. The molecule has 2 heterocycles. The third kappa shape index (κ3) is 4.43. The number of ether oxygens (including phenoxy) is 1. The lowest BCUT2D eigenvalue weighted by Gasteiger charge is -2.38. The van der Waals surface area contributed by atoms with Gasteiger partial charge in [0.05, 0.1) is 12.7 Å². The number of aliphatic hydroxyl groups excluding tert-OH is 1. The average molecular weight is 369 g/mol. The van der Waals surface area contributed by atoms with E-state index >= 15 is 0 Å². The van der Waals surface area contributed by atoms with Crippen molar-refractivity contribution in [3.05, 3.63) is 59.9 Å². The lowest BCUT2D eigenvalue weighted by atomic mass is 9.92. The van der Waals surface area contributed by atoms with Crippen molar-refractivity contribution >= 4 is 11.8 Å². The summed E-state index contributed by atoms with van der Waals surface area (Å²) in [6, 6.07) is 10.2. The molecule has 2 aromatic rings. The van der Waals surface area contributed by atoms with Crippen LogP contribution in [-0.2, 0) is 0 Å². The number of likely N-dealkylation sites (tertiary alicyclic amines) is 1. The van der Waals surface area contributed by atoms with Crippen LogP contribution in [0.15, 0.2) is 48.8 Å². The molecule has 1 aliphatic heterocycles. The molecule has 0 aliphatic carbocycles. The van der Waals surface area contributed by atoms with Gasteiger partial charge in [-0.3, -0.25) is 14.6 Å². The molecular formula is C20H23N3O4. The first kappa shape index (κ1) is 18.8. The standard InChI is InChI=1S/C20H23N3O4/c1-27-17-6-2-4-14(10-17)20(26)23-9-7-18(16(12-23)13-24)22-19(25)15-5-3-8-21-11-15/h2-6,8,10-11,16,18,24H,7,9,12-13H2,1H3,(H,22,25)/t16-,18-/m1/s1. The minimum Gasteiger partial charge on any atom is -0.497 e. The number of carbonyl (C=O) groups is 2. The van der Waals surface area contributed by atoms with Crippen LogP contribution in [0, 0.1) is 5.92 Å². The summed E-state index contributed by atoms with van der Waals surface area (Å²) in [5.74, 6) is 0.0654. The molecule has 1 aromatic carbocycles. The molecule has 2 amide bonds. The molecule has 1 fully saturated rings. The number of aliphatic hydroxyl groups is 1. The van der Waals surface area contributed by atoms with Gasteiger partial charge in [-0.1, -0.05) is 6.07 Å². The van der Waals surface area contributed by atoms with Crippen LogP contribution in [0.5, 0.6) is 5.75 Å². The number of rotatable bonds is 5. The van der Waals surface area contributed by atoms with E-state index in [9.17, 15) is 14.7 Å². The number of pyridine rings is 1. The molecule has 7 nitrogen and oxygen atoms in total. The second-order valence-electron chi connectivity index (χ2n) is 6.54. The highest BCUT2D eigenvalue weighted by Crippen LogP contribution is 2.21. The van der Waals surface area contributed by atoms with E-state index in [1.165, 1.54) is 6.20 Å². The number of methoxy groups -OCH3 is 1. The van der Waals surface area contributed by atoms with Gasteiger partial charge in [0, 0.05) is 49.6 Å². The van der Waals surface area contributed by atoms with E-state index < -0.39 is 0 Å². The van der Waals surface area contributed by atoms with Gasteiger partial charge in [-0.05, 0) is 36.8 Å². The number of hydrogen-bond acceptors (Lipinski definition) is 5. The zero-order valence-corrected chi connectivity index (χ0v) is 15.2. The Morgan fingerprint density at radius 1 is 1.30 bits per heavy atom. The summed E-state index contributed by atoms with van der Waals surface area (Å²) < 4.78 is 5.17. The Morgan fingerprint density at radius 2 is 2.11 bits per heavy atom. The van der Waals surface area contributed by atoms with Crippen molar-refractivity contribution in [3.8, 4) is 5.75 Å². The van der Waals surface area contributed by atoms with E-state index in [0.29, 0.717) is 36.4 Å². The molecule has 0 bridgehead atoms. The minimum absolute atomic E-state index is 0.107. The molecule has 1 saturated heterocycles. The van der Waals surface area contributed by atoms with E-state index in [1.54, 1.807) is 54.6 Å². The van der Waals surface area contributed by atoms with Crippen LogP contribution < -0.4 is 10.1 Å². The van der Waals surface area contributed by atoms with Gasteiger partial charge in [0.1, 0.15) is 5.75 Å². The van der Waals surface area contributed by atoms with Crippen molar-refractivity contribution in [2.45, 2.75) is 12.5 Å². The number of amides is 2. The monoisotopic (exact) mass is 369 g/mol. The molecule has 3 rings (SSSR count). The Labute approximate surface area is 158 Å². The summed E-state index contributed by atoms with van der Waals surface area (Å²) in [5, 5.41) is 12.7. The zero-order valence-electron chi connectivity index (χ0n) is 15.2. The van der Waals surface area contributed by atoms with E-state index in [2.05, 4.69) is 10.3 Å². The van der Waals surface area contributed by atoms with Crippen LogP contribution in [0.2, 0.25) is 0 Å². The van der Waals surface area contributed by atoms with Gasteiger partial charge in [0.25, 0.3) is 11.8 Å². The van der Waals surface area contributed by atoms with E-state index in [1.807, 2.05) is 0 Å². The number of nitrogens with one attached hydrogen (secondary N) is 1. The Bertz CT molecular complexity index is 797. The van der Waals surface area contributed by atoms with Gasteiger partial charge in [-0.2, -0.15) is 0 Å². The fraction of sp³-hybridized carbons (Fsp3) is 0.350. The minimum atomic E-state index is -0.228. The van der Waals surface area contributed by atoms with Crippen LogP contribution in [0.3, 0.4) is 0 Å². The third-order valence-electron chi connectivity index (χ3n) is 4.81. The Morgan fingerprint density at radius 3 is 2.81 bits per heavy atom. The second-order valence-corrected chi connectivity index (χ2v) is 6.54. The highest BCUT2D eigenvalue weighted by Gasteiger charge is 2.32. The predicted octanol–water partition coefficient (Wildman–Crippen LogP) is 1.34. The fourth-order valence-electron chi connectivity index (χ4n) is 3.28. The quantitative estimate of drug-likeness (QED) is 0.830. The number of nitrogens with zero attached hydrogens (tertiary/aromatic N) is 2. The molecule has 0 unspecified atom stereocenters. The van der Waals surface area contributed by atoms with Gasteiger partial charge in [-0.15, -0.1) is 0 Å². The summed E-state index contributed by atoms with van der Waals surface area (Å²) in [6.45, 7) is 0.773. The van der Waals surface area contributed by atoms with Crippen molar-refractivity contribution in [2.75, 3.05) is 26.8 Å².